The molecular weight excluding hydrogens is 206 g/mol. The fourth-order valence-corrected chi connectivity index (χ4v) is 1.62. The van der Waals surface area contributed by atoms with Crippen molar-refractivity contribution < 1.29 is 4.79 Å². The molecule has 90 valence electrons. The summed E-state index contributed by atoms with van der Waals surface area (Å²) in [5.41, 5.74) is 6.06. The smallest absolute Gasteiger partial charge is 0.231 e. The number of primary amides is 1. The minimum absolute atomic E-state index is 0.259. The first-order valence-corrected chi connectivity index (χ1v) is 5.33. The summed E-state index contributed by atoms with van der Waals surface area (Å²) in [5.74, 6) is 0.167. The largest absolute Gasteiger partial charge is 0.369 e. The topological polar surface area (TPSA) is 77.0 Å². The molecule has 0 atom stereocenters. The maximum absolute atomic E-state index is 10.9. The van der Waals surface area contributed by atoms with Crippen LogP contribution in [0.1, 0.15) is 19.5 Å². The van der Waals surface area contributed by atoms with E-state index in [9.17, 15) is 4.79 Å². The average Bonchev–Trinajstić information content (AvgIpc) is 2.48. The summed E-state index contributed by atoms with van der Waals surface area (Å²) in [4.78, 5) is 12.9. The molecule has 0 saturated carbocycles. The third-order valence-corrected chi connectivity index (χ3v) is 2.04. The van der Waals surface area contributed by atoms with Crippen molar-refractivity contribution in [2.75, 3.05) is 13.1 Å². The van der Waals surface area contributed by atoms with Crippen molar-refractivity contribution in [3.63, 3.8) is 0 Å². The first-order chi connectivity index (χ1) is 7.47. The van der Waals surface area contributed by atoms with Crippen molar-refractivity contribution in [2.24, 2.45) is 18.7 Å². The monoisotopic (exact) mass is 225 g/mol. The Morgan fingerprint density at radius 1 is 1.62 bits per heavy atom. The lowest BCUT2D eigenvalue weighted by Gasteiger charge is -2.21. The van der Waals surface area contributed by atoms with Gasteiger partial charge in [0.15, 0.2) is 0 Å². The van der Waals surface area contributed by atoms with Crippen LogP contribution in [0.3, 0.4) is 0 Å². The molecular formula is C10H19N5O. The van der Waals surface area contributed by atoms with Crippen LogP contribution in [0.2, 0.25) is 0 Å². The van der Waals surface area contributed by atoms with Gasteiger partial charge in [-0.25, -0.2) is 0 Å². The Balaban J connectivity index is 2.58. The second-order valence-electron chi connectivity index (χ2n) is 4.41. The predicted octanol–water partition coefficient (Wildman–Crippen LogP) is -0.242. The Morgan fingerprint density at radius 3 is 2.75 bits per heavy atom. The Morgan fingerprint density at radius 2 is 2.31 bits per heavy atom. The number of aromatic nitrogens is 3. The predicted molar refractivity (Wildman–Crippen MR) is 60.3 cm³/mol. The van der Waals surface area contributed by atoms with Gasteiger partial charge in [0, 0.05) is 26.3 Å². The van der Waals surface area contributed by atoms with Crippen molar-refractivity contribution in [1.29, 1.82) is 0 Å². The zero-order valence-electron chi connectivity index (χ0n) is 10.1. The van der Waals surface area contributed by atoms with Gasteiger partial charge in [-0.15, -0.1) is 5.10 Å². The number of nitrogens with zero attached hydrogens (tertiary/aromatic N) is 4. The highest BCUT2D eigenvalue weighted by molar-refractivity contribution is 5.75. The van der Waals surface area contributed by atoms with Crippen molar-refractivity contribution in [2.45, 2.75) is 20.4 Å². The van der Waals surface area contributed by atoms with E-state index in [1.165, 1.54) is 0 Å². The summed E-state index contributed by atoms with van der Waals surface area (Å²) >= 11 is 0. The van der Waals surface area contributed by atoms with E-state index in [1.807, 2.05) is 18.1 Å². The SMILES string of the molecule is CC(C)CN(CC(N)=O)Cc1cn(C)nn1. The highest BCUT2D eigenvalue weighted by Crippen LogP contribution is 2.04. The van der Waals surface area contributed by atoms with Gasteiger partial charge in [0.1, 0.15) is 0 Å². The van der Waals surface area contributed by atoms with Gasteiger partial charge in [0.25, 0.3) is 0 Å². The van der Waals surface area contributed by atoms with E-state index in [0.717, 1.165) is 12.2 Å². The third-order valence-electron chi connectivity index (χ3n) is 2.04. The third kappa shape index (κ3) is 4.39. The molecule has 1 aromatic heterocycles. The van der Waals surface area contributed by atoms with Crippen LogP contribution in [0.5, 0.6) is 0 Å². The van der Waals surface area contributed by atoms with E-state index in [2.05, 4.69) is 24.2 Å². The molecule has 6 nitrogen and oxygen atoms in total. The molecule has 1 rings (SSSR count). The molecule has 1 amide bonds. The first-order valence-electron chi connectivity index (χ1n) is 5.33. The van der Waals surface area contributed by atoms with Crippen LogP contribution in [0.4, 0.5) is 0 Å². The molecule has 0 aliphatic carbocycles. The van der Waals surface area contributed by atoms with Crippen molar-refractivity contribution in [1.82, 2.24) is 19.9 Å². The van der Waals surface area contributed by atoms with Gasteiger partial charge in [0.05, 0.1) is 12.2 Å². The second kappa shape index (κ2) is 5.60. The summed E-state index contributed by atoms with van der Waals surface area (Å²) in [6.07, 6.45) is 1.84. The van der Waals surface area contributed by atoms with Gasteiger partial charge in [0.2, 0.25) is 5.91 Å². The molecule has 6 heteroatoms. The number of hydrogen-bond donors (Lipinski definition) is 1. The number of carbonyl (C=O) groups is 1. The summed E-state index contributed by atoms with van der Waals surface area (Å²) in [5, 5.41) is 7.84. The molecule has 2 N–H and O–H groups in total. The number of hydrogen-bond acceptors (Lipinski definition) is 4. The summed E-state index contributed by atoms with van der Waals surface area (Å²) in [7, 11) is 1.82. The van der Waals surface area contributed by atoms with Crippen LogP contribution in [0, 0.1) is 5.92 Å². The summed E-state index contributed by atoms with van der Waals surface area (Å²) in [6, 6.07) is 0. The standard InChI is InChI=1S/C10H19N5O/c1-8(2)4-15(7-10(11)16)6-9-5-14(3)13-12-9/h5,8H,4,6-7H2,1-3H3,(H2,11,16). The molecule has 0 unspecified atom stereocenters. The van der Waals surface area contributed by atoms with Crippen molar-refractivity contribution >= 4 is 5.91 Å². The molecule has 0 spiro atoms. The van der Waals surface area contributed by atoms with Gasteiger partial charge in [-0.3, -0.25) is 14.4 Å². The zero-order valence-corrected chi connectivity index (χ0v) is 10.1. The van der Waals surface area contributed by atoms with Crippen molar-refractivity contribution in [3.05, 3.63) is 11.9 Å². The van der Waals surface area contributed by atoms with Crippen LogP contribution in [-0.4, -0.2) is 38.9 Å². The molecule has 0 radical (unpaired) electrons. The number of rotatable bonds is 6. The lowest BCUT2D eigenvalue weighted by atomic mass is 10.2. The minimum atomic E-state index is -0.315. The summed E-state index contributed by atoms with van der Waals surface area (Å²) in [6.45, 7) is 5.89. The molecule has 0 saturated heterocycles. The van der Waals surface area contributed by atoms with Gasteiger partial charge in [-0.1, -0.05) is 19.1 Å². The van der Waals surface area contributed by atoms with Crippen LogP contribution < -0.4 is 5.73 Å². The Kier molecular flexibility index (Phi) is 4.42. The average molecular weight is 225 g/mol. The number of amides is 1. The molecule has 16 heavy (non-hydrogen) atoms. The lowest BCUT2D eigenvalue weighted by molar-refractivity contribution is -0.119. The number of aryl methyl sites for hydroxylation is 1. The quantitative estimate of drug-likeness (QED) is 0.724. The number of nitrogens with two attached hydrogens (primary N) is 1. The highest BCUT2D eigenvalue weighted by atomic mass is 16.1. The summed E-state index contributed by atoms with van der Waals surface area (Å²) < 4.78 is 1.65. The fraction of sp³-hybridized carbons (Fsp3) is 0.700. The molecule has 0 fully saturated rings. The maximum Gasteiger partial charge on any atom is 0.231 e. The van der Waals surface area contributed by atoms with E-state index in [4.69, 9.17) is 5.73 Å². The maximum atomic E-state index is 10.9. The van der Waals surface area contributed by atoms with Crippen LogP contribution in [0.25, 0.3) is 0 Å². The molecule has 0 aliphatic heterocycles. The van der Waals surface area contributed by atoms with Crippen LogP contribution in [0.15, 0.2) is 6.20 Å². The van der Waals surface area contributed by atoms with E-state index in [1.54, 1.807) is 4.68 Å². The van der Waals surface area contributed by atoms with Crippen LogP contribution >= 0.6 is 0 Å². The molecule has 1 heterocycles. The highest BCUT2D eigenvalue weighted by Gasteiger charge is 2.12. The van der Waals surface area contributed by atoms with E-state index >= 15 is 0 Å². The van der Waals surface area contributed by atoms with Gasteiger partial charge in [-0.05, 0) is 5.92 Å². The molecule has 0 aromatic carbocycles. The first kappa shape index (κ1) is 12.6. The van der Waals surface area contributed by atoms with Gasteiger partial charge in [-0.2, -0.15) is 0 Å². The zero-order chi connectivity index (χ0) is 12.1. The molecule has 1 aromatic rings. The Labute approximate surface area is 95.4 Å². The normalized spacial score (nSPS) is 11.3. The minimum Gasteiger partial charge on any atom is -0.369 e. The molecule has 0 aliphatic rings. The van der Waals surface area contributed by atoms with Gasteiger partial charge < -0.3 is 5.73 Å². The Bertz CT molecular complexity index is 347. The fourth-order valence-electron chi connectivity index (χ4n) is 1.62. The van der Waals surface area contributed by atoms with E-state index in [0.29, 0.717) is 12.5 Å². The molecule has 0 bridgehead atoms. The Hall–Kier alpha value is -1.43. The lowest BCUT2D eigenvalue weighted by Crippen LogP contribution is -2.35. The number of carbonyl (C=O) groups excluding carboxylic acids is 1. The van der Waals surface area contributed by atoms with E-state index < -0.39 is 0 Å². The second-order valence-corrected chi connectivity index (χ2v) is 4.41. The van der Waals surface area contributed by atoms with Crippen LogP contribution in [-0.2, 0) is 18.4 Å². The van der Waals surface area contributed by atoms with Crippen molar-refractivity contribution in [3.8, 4) is 0 Å². The van der Waals surface area contributed by atoms with Gasteiger partial charge >= 0.3 is 0 Å². The van der Waals surface area contributed by atoms with E-state index in [-0.39, 0.29) is 12.5 Å².